The Hall–Kier alpha value is -1.80. The fourth-order valence-electron chi connectivity index (χ4n) is 2.53. The summed E-state index contributed by atoms with van der Waals surface area (Å²) in [7, 11) is -0.779. The van der Waals surface area contributed by atoms with Crippen LogP contribution in [0.2, 0.25) is 0 Å². The molecule has 0 aliphatic carbocycles. The molecule has 3 rings (SSSR count). The summed E-state index contributed by atoms with van der Waals surface area (Å²) in [6.07, 6.45) is 1.54. The maximum Gasteiger partial charge on any atom is 0.498 e. The second-order valence-electron chi connectivity index (χ2n) is 6.76. The first kappa shape index (κ1) is 16.1. The van der Waals surface area contributed by atoms with E-state index < -0.39 is 24.1 Å². The normalized spacial score (nSPS) is 19.3. The molecule has 1 fully saturated rings. The molecule has 0 bridgehead atoms. The molecule has 0 unspecified atom stereocenters. The van der Waals surface area contributed by atoms with Crippen molar-refractivity contribution in [3.63, 3.8) is 0 Å². The third kappa shape index (κ3) is 2.46. The van der Waals surface area contributed by atoms with Crippen LogP contribution in [-0.4, -0.2) is 38.1 Å². The molecule has 0 aromatic carbocycles. The Labute approximate surface area is 135 Å². The Balaban J connectivity index is 2.06. The second kappa shape index (κ2) is 5.11. The molecule has 2 aromatic heterocycles. The topological polar surface area (TPSA) is 62.1 Å². The highest BCUT2D eigenvalue weighted by molar-refractivity contribution is 6.62. The van der Waals surface area contributed by atoms with Crippen molar-refractivity contribution >= 4 is 12.6 Å². The van der Waals surface area contributed by atoms with Gasteiger partial charge in [0.2, 0.25) is 0 Å². The maximum absolute atomic E-state index is 15.1. The molecule has 6 nitrogen and oxygen atoms in total. The van der Waals surface area contributed by atoms with Crippen molar-refractivity contribution in [2.24, 2.45) is 0 Å². The molecule has 0 radical (unpaired) electrons. The fourth-order valence-corrected chi connectivity index (χ4v) is 2.53. The summed E-state index contributed by atoms with van der Waals surface area (Å²) < 4.78 is 28.5. The number of hydrogen-bond donors (Lipinski definition) is 0. The summed E-state index contributed by atoms with van der Waals surface area (Å²) in [4.78, 5) is 4.14. The molecular weight excluding hydrogens is 298 g/mol. The van der Waals surface area contributed by atoms with Gasteiger partial charge >= 0.3 is 7.12 Å². The van der Waals surface area contributed by atoms with E-state index >= 15 is 4.39 Å². The number of aromatic nitrogens is 4. The molecule has 0 atom stereocenters. The van der Waals surface area contributed by atoms with Crippen LogP contribution >= 0.6 is 0 Å². The maximum atomic E-state index is 15.1. The van der Waals surface area contributed by atoms with E-state index in [-0.39, 0.29) is 5.82 Å². The minimum absolute atomic E-state index is 0.150. The predicted molar refractivity (Wildman–Crippen MR) is 84.3 cm³/mol. The van der Waals surface area contributed by atoms with Gasteiger partial charge in [-0.1, -0.05) is 0 Å². The third-order valence-electron chi connectivity index (χ3n) is 4.61. The van der Waals surface area contributed by atoms with E-state index in [9.17, 15) is 0 Å². The van der Waals surface area contributed by atoms with Crippen LogP contribution in [0.1, 0.15) is 39.3 Å². The molecule has 8 heteroatoms. The lowest BCUT2D eigenvalue weighted by atomic mass is 9.79. The van der Waals surface area contributed by atoms with Crippen molar-refractivity contribution in [2.75, 3.05) is 0 Å². The number of nitrogens with zero attached hydrogens (tertiary/aromatic N) is 4. The Bertz CT molecular complexity index is 724. The van der Waals surface area contributed by atoms with Gasteiger partial charge < -0.3 is 9.31 Å². The summed E-state index contributed by atoms with van der Waals surface area (Å²) in [6, 6.07) is 1.58. The highest BCUT2D eigenvalue weighted by Crippen LogP contribution is 2.36. The highest BCUT2D eigenvalue weighted by atomic mass is 19.1. The number of rotatable bonds is 2. The van der Waals surface area contributed by atoms with Gasteiger partial charge in [-0.25, -0.2) is 9.37 Å². The largest absolute Gasteiger partial charge is 0.498 e. The van der Waals surface area contributed by atoms with Crippen LogP contribution in [0, 0.1) is 19.7 Å². The smallest absolute Gasteiger partial charge is 0.399 e. The zero-order valence-corrected chi connectivity index (χ0v) is 14.2. The van der Waals surface area contributed by atoms with Gasteiger partial charge in [0.1, 0.15) is 11.6 Å². The molecule has 0 N–H and O–H groups in total. The van der Waals surface area contributed by atoms with Gasteiger partial charge in [-0.3, -0.25) is 4.57 Å². The first-order valence-corrected chi connectivity index (χ1v) is 7.53. The van der Waals surface area contributed by atoms with E-state index in [4.69, 9.17) is 9.31 Å². The van der Waals surface area contributed by atoms with Crippen LogP contribution in [0.4, 0.5) is 4.39 Å². The molecule has 122 valence electrons. The average molecular weight is 318 g/mol. The second-order valence-corrected chi connectivity index (χ2v) is 6.76. The zero-order chi connectivity index (χ0) is 17.0. The van der Waals surface area contributed by atoms with Crippen LogP contribution in [0.25, 0.3) is 5.82 Å². The van der Waals surface area contributed by atoms with E-state index in [1.165, 1.54) is 6.20 Å². The molecule has 1 aliphatic rings. The summed E-state index contributed by atoms with van der Waals surface area (Å²) in [5, 5.41) is 7.90. The number of aryl methyl sites for hydroxylation is 2. The Morgan fingerprint density at radius 1 is 1.04 bits per heavy atom. The summed E-state index contributed by atoms with van der Waals surface area (Å²) in [5.74, 6) is 0.800. The Morgan fingerprint density at radius 3 is 2.09 bits per heavy atom. The van der Waals surface area contributed by atoms with Crippen molar-refractivity contribution in [3.8, 4) is 5.82 Å². The first-order valence-electron chi connectivity index (χ1n) is 7.53. The molecule has 1 aliphatic heterocycles. The molecule has 3 heterocycles. The molecule has 2 aromatic rings. The van der Waals surface area contributed by atoms with E-state index in [0.717, 1.165) is 0 Å². The van der Waals surface area contributed by atoms with Gasteiger partial charge in [-0.05, 0) is 47.6 Å². The van der Waals surface area contributed by atoms with E-state index in [1.54, 1.807) is 24.5 Å². The minimum atomic E-state index is -0.779. The van der Waals surface area contributed by atoms with Crippen molar-refractivity contribution in [2.45, 2.75) is 52.7 Å². The molecule has 0 saturated carbocycles. The number of hydrogen-bond acceptors (Lipinski definition) is 5. The summed E-state index contributed by atoms with van der Waals surface area (Å²) >= 11 is 0. The van der Waals surface area contributed by atoms with Gasteiger partial charge in [0.15, 0.2) is 11.6 Å². The van der Waals surface area contributed by atoms with Crippen molar-refractivity contribution in [1.29, 1.82) is 0 Å². The monoisotopic (exact) mass is 318 g/mol. The lowest BCUT2D eigenvalue weighted by molar-refractivity contribution is 0.00578. The van der Waals surface area contributed by atoms with Crippen molar-refractivity contribution in [3.05, 3.63) is 29.7 Å². The SMILES string of the molecule is Cc1nnc(C)n1-c1nccc(B2OC(C)(C)C(C)(C)O2)c1F. The number of halogens is 1. The van der Waals surface area contributed by atoms with Crippen LogP contribution in [0.5, 0.6) is 0 Å². The highest BCUT2D eigenvalue weighted by Gasteiger charge is 2.52. The molecule has 0 amide bonds. The molecule has 23 heavy (non-hydrogen) atoms. The zero-order valence-electron chi connectivity index (χ0n) is 14.2. The predicted octanol–water partition coefficient (Wildman–Crippen LogP) is 1.72. The molecule has 0 spiro atoms. The standard InChI is InChI=1S/C15H20BFN4O2/c1-9-19-20-10(2)21(9)13-12(17)11(7-8-18-13)16-22-14(3,4)15(5,6)23-16/h7-8H,1-6H3. The van der Waals surface area contributed by atoms with Crippen LogP contribution in [-0.2, 0) is 9.31 Å². The Kier molecular flexibility index (Phi) is 3.57. The van der Waals surface area contributed by atoms with Crippen LogP contribution in [0.3, 0.4) is 0 Å². The Morgan fingerprint density at radius 2 is 1.57 bits per heavy atom. The van der Waals surface area contributed by atoms with Gasteiger partial charge in [0.05, 0.1) is 11.2 Å². The van der Waals surface area contributed by atoms with Crippen LogP contribution in [0.15, 0.2) is 12.3 Å². The van der Waals surface area contributed by atoms with E-state index in [1.807, 2.05) is 27.7 Å². The minimum Gasteiger partial charge on any atom is -0.399 e. The van der Waals surface area contributed by atoms with E-state index in [2.05, 4.69) is 15.2 Å². The van der Waals surface area contributed by atoms with Gasteiger partial charge in [-0.15, -0.1) is 10.2 Å². The summed E-state index contributed by atoms with van der Waals surface area (Å²) in [5.41, 5.74) is -0.743. The van der Waals surface area contributed by atoms with Gasteiger partial charge in [0.25, 0.3) is 0 Å². The van der Waals surface area contributed by atoms with E-state index in [0.29, 0.717) is 17.1 Å². The quantitative estimate of drug-likeness (QED) is 0.789. The lowest BCUT2D eigenvalue weighted by Gasteiger charge is -2.32. The fraction of sp³-hybridized carbons (Fsp3) is 0.533. The molecule has 1 saturated heterocycles. The lowest BCUT2D eigenvalue weighted by Crippen LogP contribution is -2.41. The van der Waals surface area contributed by atoms with Gasteiger partial charge in [0, 0.05) is 11.7 Å². The van der Waals surface area contributed by atoms with Gasteiger partial charge in [-0.2, -0.15) is 0 Å². The number of pyridine rings is 1. The average Bonchev–Trinajstić information content (AvgIpc) is 2.87. The van der Waals surface area contributed by atoms with Crippen molar-refractivity contribution in [1.82, 2.24) is 19.7 Å². The third-order valence-corrected chi connectivity index (χ3v) is 4.61. The van der Waals surface area contributed by atoms with Crippen molar-refractivity contribution < 1.29 is 13.7 Å². The van der Waals surface area contributed by atoms with Crippen LogP contribution < -0.4 is 5.46 Å². The molecular formula is C15H20BFN4O2. The first-order chi connectivity index (χ1) is 10.6. The summed E-state index contributed by atoms with van der Waals surface area (Å²) in [6.45, 7) is 11.2.